The second-order valence-electron chi connectivity index (χ2n) is 2.69. The molecule has 1 aliphatic heterocycles. The van der Waals surface area contributed by atoms with Crippen molar-refractivity contribution in [3.8, 4) is 0 Å². The number of aliphatic imine (C=N–C) groups is 1. The van der Waals surface area contributed by atoms with Crippen LogP contribution in [0, 0.1) is 0 Å². The maximum Gasteiger partial charge on any atom is 0.124 e. The molecule has 0 fully saturated rings. The van der Waals surface area contributed by atoms with Crippen LogP contribution in [0.5, 0.6) is 0 Å². The van der Waals surface area contributed by atoms with Gasteiger partial charge in [0.05, 0.1) is 6.54 Å². The van der Waals surface area contributed by atoms with Gasteiger partial charge in [0.1, 0.15) is 5.84 Å². The Bertz CT molecular complexity index is 224. The number of likely N-dealkylation sites (N-methyl/N-ethyl adjacent to an activating group) is 1. The van der Waals surface area contributed by atoms with Gasteiger partial charge in [0.15, 0.2) is 0 Å². The van der Waals surface area contributed by atoms with Gasteiger partial charge >= 0.3 is 0 Å². The van der Waals surface area contributed by atoms with Crippen molar-refractivity contribution in [2.24, 2.45) is 4.99 Å². The van der Waals surface area contributed by atoms with Crippen LogP contribution in [-0.4, -0.2) is 18.9 Å². The summed E-state index contributed by atoms with van der Waals surface area (Å²) in [6, 6.07) is 0. The fraction of sp³-hybridized carbons (Fsp3) is 0.500. The Hall–Kier alpha value is -1.05. The predicted octanol–water partition coefficient (Wildman–Crippen LogP) is 1.90. The fourth-order valence-electron chi connectivity index (χ4n) is 1.19. The molecule has 0 bridgehead atoms. The van der Waals surface area contributed by atoms with Crippen molar-refractivity contribution >= 4 is 5.84 Å². The van der Waals surface area contributed by atoms with Crippen molar-refractivity contribution in [1.29, 1.82) is 0 Å². The Labute approximate surface area is 74.1 Å². The van der Waals surface area contributed by atoms with Crippen LogP contribution in [0.25, 0.3) is 0 Å². The second-order valence-corrected chi connectivity index (χ2v) is 2.69. The number of rotatable bonds is 2. The van der Waals surface area contributed by atoms with Gasteiger partial charge in [-0.05, 0) is 18.9 Å². The third-order valence-corrected chi connectivity index (χ3v) is 1.82. The van der Waals surface area contributed by atoms with Crippen LogP contribution in [0.2, 0.25) is 0 Å². The average molecular weight is 164 g/mol. The zero-order valence-electron chi connectivity index (χ0n) is 7.80. The molecule has 0 amide bonds. The first-order valence-electron chi connectivity index (χ1n) is 4.52. The molecule has 0 radical (unpaired) electrons. The SMILES string of the molecule is CCNC1=NCC=CC=C1CC. The molecule has 0 aromatic carbocycles. The van der Waals surface area contributed by atoms with Crippen LogP contribution in [0.15, 0.2) is 28.8 Å². The van der Waals surface area contributed by atoms with E-state index in [0.717, 1.165) is 25.3 Å². The maximum absolute atomic E-state index is 4.42. The summed E-state index contributed by atoms with van der Waals surface area (Å²) in [6.07, 6.45) is 7.32. The predicted molar refractivity (Wildman–Crippen MR) is 53.5 cm³/mol. The number of nitrogens with one attached hydrogen (secondary N) is 1. The summed E-state index contributed by atoms with van der Waals surface area (Å²) in [6.45, 7) is 5.98. The van der Waals surface area contributed by atoms with E-state index in [1.165, 1.54) is 5.57 Å². The van der Waals surface area contributed by atoms with Gasteiger partial charge < -0.3 is 5.32 Å². The van der Waals surface area contributed by atoms with E-state index in [4.69, 9.17) is 0 Å². The molecule has 2 heteroatoms. The third kappa shape index (κ3) is 2.22. The van der Waals surface area contributed by atoms with Crippen molar-refractivity contribution in [1.82, 2.24) is 5.32 Å². The molecule has 12 heavy (non-hydrogen) atoms. The first-order chi connectivity index (χ1) is 5.88. The van der Waals surface area contributed by atoms with Crippen molar-refractivity contribution in [3.05, 3.63) is 23.8 Å². The van der Waals surface area contributed by atoms with Gasteiger partial charge in [-0.25, -0.2) is 0 Å². The third-order valence-electron chi connectivity index (χ3n) is 1.82. The summed E-state index contributed by atoms with van der Waals surface area (Å²) >= 11 is 0. The highest BCUT2D eigenvalue weighted by molar-refractivity contribution is 5.98. The van der Waals surface area contributed by atoms with E-state index in [-0.39, 0.29) is 0 Å². The van der Waals surface area contributed by atoms with Gasteiger partial charge in [-0.1, -0.05) is 25.2 Å². The van der Waals surface area contributed by atoms with Crippen molar-refractivity contribution in [3.63, 3.8) is 0 Å². The largest absolute Gasteiger partial charge is 0.370 e. The van der Waals surface area contributed by atoms with E-state index in [1.54, 1.807) is 0 Å². The molecular formula is C10H16N2. The minimum absolute atomic E-state index is 0.794. The van der Waals surface area contributed by atoms with Crippen LogP contribution < -0.4 is 5.32 Å². The lowest BCUT2D eigenvalue weighted by Gasteiger charge is -2.08. The van der Waals surface area contributed by atoms with Gasteiger partial charge in [0.25, 0.3) is 0 Å². The quantitative estimate of drug-likeness (QED) is 0.662. The fourth-order valence-corrected chi connectivity index (χ4v) is 1.19. The standard InChI is InChI=1S/C10H16N2/c1-3-9-7-5-6-8-12-10(9)11-4-2/h5-7H,3-4,8H2,1-2H3,(H,11,12). The molecule has 66 valence electrons. The normalized spacial score (nSPS) is 16.5. The average Bonchev–Trinajstić information content (AvgIpc) is 2.30. The Morgan fingerprint density at radius 3 is 3.00 bits per heavy atom. The summed E-state index contributed by atoms with van der Waals surface area (Å²) in [5, 5.41) is 3.27. The molecule has 0 aromatic heterocycles. The van der Waals surface area contributed by atoms with Crippen LogP contribution >= 0.6 is 0 Å². The van der Waals surface area contributed by atoms with Crippen LogP contribution in [0.3, 0.4) is 0 Å². The summed E-state index contributed by atoms with van der Waals surface area (Å²) in [5.41, 5.74) is 1.30. The number of nitrogens with zero attached hydrogens (tertiary/aromatic N) is 1. The summed E-state index contributed by atoms with van der Waals surface area (Å²) in [5.74, 6) is 1.06. The molecule has 0 aliphatic carbocycles. The summed E-state index contributed by atoms with van der Waals surface area (Å²) in [7, 11) is 0. The molecule has 0 spiro atoms. The topological polar surface area (TPSA) is 24.4 Å². The molecule has 0 atom stereocenters. The Balaban J connectivity index is 2.74. The Kier molecular flexibility index (Phi) is 3.58. The van der Waals surface area contributed by atoms with E-state index in [2.05, 4.69) is 42.4 Å². The lowest BCUT2D eigenvalue weighted by molar-refractivity contribution is 0.943. The molecule has 1 N–H and O–H groups in total. The maximum atomic E-state index is 4.42. The van der Waals surface area contributed by atoms with E-state index in [9.17, 15) is 0 Å². The second kappa shape index (κ2) is 4.75. The van der Waals surface area contributed by atoms with E-state index in [1.807, 2.05) is 0 Å². The first-order valence-corrected chi connectivity index (χ1v) is 4.52. The minimum atomic E-state index is 0.794. The molecule has 0 aromatic rings. The minimum Gasteiger partial charge on any atom is -0.370 e. The molecule has 1 rings (SSSR count). The molecule has 0 unspecified atom stereocenters. The smallest absolute Gasteiger partial charge is 0.124 e. The molecule has 1 heterocycles. The van der Waals surface area contributed by atoms with Gasteiger partial charge in [0, 0.05) is 6.54 Å². The number of amidine groups is 1. The van der Waals surface area contributed by atoms with E-state index in [0.29, 0.717) is 0 Å². The number of allylic oxidation sites excluding steroid dienone is 2. The lowest BCUT2D eigenvalue weighted by atomic mass is 10.1. The Morgan fingerprint density at radius 2 is 2.33 bits per heavy atom. The summed E-state index contributed by atoms with van der Waals surface area (Å²) < 4.78 is 0. The van der Waals surface area contributed by atoms with Gasteiger partial charge in [-0.15, -0.1) is 0 Å². The number of hydrogen-bond acceptors (Lipinski definition) is 2. The first kappa shape index (κ1) is 9.04. The highest BCUT2D eigenvalue weighted by Gasteiger charge is 2.03. The molecule has 2 nitrogen and oxygen atoms in total. The molecular weight excluding hydrogens is 148 g/mol. The zero-order chi connectivity index (χ0) is 8.81. The highest BCUT2D eigenvalue weighted by atomic mass is 15.0. The van der Waals surface area contributed by atoms with Crippen LogP contribution in [-0.2, 0) is 0 Å². The number of hydrogen-bond donors (Lipinski definition) is 1. The van der Waals surface area contributed by atoms with E-state index < -0.39 is 0 Å². The van der Waals surface area contributed by atoms with Crippen molar-refractivity contribution < 1.29 is 0 Å². The van der Waals surface area contributed by atoms with Crippen LogP contribution in [0.4, 0.5) is 0 Å². The van der Waals surface area contributed by atoms with Crippen molar-refractivity contribution in [2.45, 2.75) is 20.3 Å². The summed E-state index contributed by atoms with van der Waals surface area (Å²) in [4.78, 5) is 4.42. The highest BCUT2D eigenvalue weighted by Crippen LogP contribution is 2.05. The monoisotopic (exact) mass is 164 g/mol. The molecule has 1 aliphatic rings. The Morgan fingerprint density at radius 1 is 1.50 bits per heavy atom. The van der Waals surface area contributed by atoms with E-state index >= 15 is 0 Å². The molecule has 0 saturated carbocycles. The van der Waals surface area contributed by atoms with Gasteiger partial charge in [0.2, 0.25) is 0 Å². The van der Waals surface area contributed by atoms with Crippen LogP contribution in [0.1, 0.15) is 20.3 Å². The van der Waals surface area contributed by atoms with Crippen molar-refractivity contribution in [2.75, 3.05) is 13.1 Å². The zero-order valence-corrected chi connectivity index (χ0v) is 7.80. The van der Waals surface area contributed by atoms with Gasteiger partial charge in [-0.3, -0.25) is 4.99 Å². The molecule has 0 saturated heterocycles. The van der Waals surface area contributed by atoms with Gasteiger partial charge in [-0.2, -0.15) is 0 Å². The lowest BCUT2D eigenvalue weighted by Crippen LogP contribution is -2.24.